The fourth-order valence-electron chi connectivity index (χ4n) is 1.77. The Morgan fingerprint density at radius 2 is 1.81 bits per heavy atom. The lowest BCUT2D eigenvalue weighted by molar-refractivity contribution is -0.875. The summed E-state index contributed by atoms with van der Waals surface area (Å²) < 4.78 is 5.37. The number of carboxylic acid groups (broad SMARTS) is 1. The first-order valence-corrected chi connectivity index (χ1v) is 6.67. The molecule has 0 heterocycles. The summed E-state index contributed by atoms with van der Waals surface area (Å²) in [5.41, 5.74) is 3.70. The number of likely N-dealkylation sites (N-methyl/N-ethyl adjacent to an activating group) is 1. The predicted octanol–water partition coefficient (Wildman–Crippen LogP) is -1.62. The maximum Gasteiger partial charge on any atom is 0.324 e. The molecule has 9 heteroatoms. The molecule has 0 aliphatic heterocycles. The van der Waals surface area contributed by atoms with E-state index < -0.39 is 35.8 Å². The predicted molar refractivity (Wildman–Crippen MR) is 81.1 cm³/mol. The lowest BCUT2D eigenvalue weighted by atomic mass is 9.93. The highest BCUT2D eigenvalue weighted by Gasteiger charge is 2.45. The van der Waals surface area contributed by atoms with E-state index >= 15 is 0 Å². The smallest absolute Gasteiger partial charge is 0.324 e. The van der Waals surface area contributed by atoms with Crippen LogP contribution in [0.5, 0.6) is 0 Å². The number of Topliss-reactive ketones (excluding diaryl/α,β-unsaturated/α-hetero) is 1. The van der Waals surface area contributed by atoms with Gasteiger partial charge in [0, 0.05) is 18.1 Å². The number of nitrogens with zero attached hydrogens (tertiary/aromatic N) is 1. The highest BCUT2D eigenvalue weighted by molar-refractivity contribution is 7.80. The third-order valence-electron chi connectivity index (χ3n) is 2.60. The van der Waals surface area contributed by atoms with Gasteiger partial charge in [0.05, 0.1) is 21.1 Å². The van der Waals surface area contributed by atoms with Gasteiger partial charge in [-0.3, -0.25) is 9.59 Å². The number of halogens is 1. The van der Waals surface area contributed by atoms with Crippen molar-refractivity contribution in [1.29, 1.82) is 0 Å². The van der Waals surface area contributed by atoms with Gasteiger partial charge in [-0.25, -0.2) is 0 Å². The monoisotopic (exact) mass is 342 g/mol. The van der Waals surface area contributed by atoms with Crippen molar-refractivity contribution in [1.82, 2.24) is 0 Å². The first-order chi connectivity index (χ1) is 8.93. The van der Waals surface area contributed by atoms with Crippen LogP contribution in [0.4, 0.5) is 0 Å². The van der Waals surface area contributed by atoms with Gasteiger partial charge in [-0.2, -0.15) is 12.6 Å². The molecule has 0 aliphatic carbocycles. The van der Waals surface area contributed by atoms with Crippen molar-refractivity contribution in [3.8, 4) is 0 Å². The number of hydrogen-bond donors (Lipinski definition) is 2. The van der Waals surface area contributed by atoms with Crippen molar-refractivity contribution in [2.75, 3.05) is 33.4 Å². The highest BCUT2D eigenvalue weighted by atomic mass is 35.5. The third-order valence-corrected chi connectivity index (χ3v) is 2.99. The summed E-state index contributed by atoms with van der Waals surface area (Å²) in [6.45, 7) is 1.18. The molecule has 2 atom stereocenters. The SMILES string of the molecule is CC(=O)[C@@](CC(=O)[O-])(C[N+](C)(C)C)OC(=O)[C@@H](N)CS.Cl. The maximum absolute atomic E-state index is 11.9. The Morgan fingerprint density at radius 3 is 2.10 bits per heavy atom. The molecule has 0 unspecified atom stereocenters. The lowest BCUT2D eigenvalue weighted by Crippen LogP contribution is -2.59. The second-order valence-corrected chi connectivity index (χ2v) is 6.12. The van der Waals surface area contributed by atoms with Gasteiger partial charge in [-0.05, 0) is 6.92 Å². The van der Waals surface area contributed by atoms with Gasteiger partial charge in [0.25, 0.3) is 0 Å². The third kappa shape index (κ3) is 7.66. The second kappa shape index (κ2) is 8.57. The van der Waals surface area contributed by atoms with Gasteiger partial charge in [0.2, 0.25) is 5.60 Å². The number of esters is 1. The van der Waals surface area contributed by atoms with Gasteiger partial charge in [0.1, 0.15) is 12.6 Å². The number of nitrogens with two attached hydrogens (primary N) is 1. The number of quaternary nitrogens is 1. The van der Waals surface area contributed by atoms with Gasteiger partial charge >= 0.3 is 5.97 Å². The van der Waals surface area contributed by atoms with E-state index in [2.05, 4.69) is 12.6 Å². The van der Waals surface area contributed by atoms with Crippen LogP contribution in [-0.4, -0.2) is 67.3 Å². The van der Waals surface area contributed by atoms with Crippen molar-refractivity contribution >= 4 is 42.8 Å². The second-order valence-electron chi connectivity index (χ2n) is 5.76. The molecule has 0 aliphatic rings. The Labute approximate surface area is 136 Å². The molecule has 7 nitrogen and oxygen atoms in total. The lowest BCUT2D eigenvalue weighted by Gasteiger charge is -2.37. The first kappa shape index (κ1) is 22.5. The van der Waals surface area contributed by atoms with Crippen LogP contribution < -0.4 is 10.8 Å². The van der Waals surface area contributed by atoms with Gasteiger partial charge in [0.15, 0.2) is 5.78 Å². The number of aliphatic carboxylic acids is 1. The zero-order chi connectivity index (χ0) is 16.1. The average molecular weight is 343 g/mol. The molecule has 0 rings (SSSR count). The standard InChI is InChI=1S/C12H22N2O5S.ClH/c1-8(15)12(5-10(16)17,7-14(2,3)4)19-11(18)9(13)6-20;/h9H,5-7,13H2,1-4H3,(H-,16,17,20);1H/t9-,12+;/m0./s1. The number of ketones is 1. The fraction of sp³-hybridized carbons (Fsp3) is 0.750. The average Bonchev–Trinajstić information content (AvgIpc) is 2.23. The minimum atomic E-state index is -1.78. The van der Waals surface area contributed by atoms with E-state index in [4.69, 9.17) is 10.5 Å². The fourth-order valence-corrected chi connectivity index (χ4v) is 1.92. The minimum absolute atomic E-state index is 0. The van der Waals surface area contributed by atoms with Gasteiger partial charge in [-0.15, -0.1) is 12.4 Å². The van der Waals surface area contributed by atoms with E-state index in [1.54, 1.807) is 21.1 Å². The number of carboxylic acids is 1. The number of carbonyl (C=O) groups excluding carboxylic acids is 3. The topological polar surface area (TPSA) is 110 Å². The van der Waals surface area contributed by atoms with Crippen LogP contribution >= 0.6 is 25.0 Å². The maximum atomic E-state index is 11.9. The summed E-state index contributed by atoms with van der Waals surface area (Å²) in [6.07, 6.45) is -0.705. The number of carbonyl (C=O) groups is 3. The zero-order valence-corrected chi connectivity index (χ0v) is 14.3. The molecule has 0 saturated heterocycles. The molecule has 0 aromatic carbocycles. The molecule has 0 aromatic rings. The summed E-state index contributed by atoms with van der Waals surface area (Å²) >= 11 is 3.87. The van der Waals surface area contributed by atoms with E-state index in [0.717, 1.165) is 0 Å². The molecule has 0 fully saturated rings. The normalized spacial score (nSPS) is 15.3. The van der Waals surface area contributed by atoms with E-state index in [0.29, 0.717) is 0 Å². The molecule has 0 saturated carbocycles. The molecule has 21 heavy (non-hydrogen) atoms. The van der Waals surface area contributed by atoms with E-state index in [1.807, 2.05) is 0 Å². The Hall–Kier alpha value is -0.830. The zero-order valence-electron chi connectivity index (χ0n) is 12.6. The van der Waals surface area contributed by atoms with Crippen LogP contribution in [0.1, 0.15) is 13.3 Å². The molecule has 124 valence electrons. The molecule has 0 radical (unpaired) electrons. The Bertz CT molecular complexity index is 400. The first-order valence-electron chi connectivity index (χ1n) is 6.04. The van der Waals surface area contributed by atoms with Crippen LogP contribution in [0, 0.1) is 0 Å². The molecule has 0 spiro atoms. The van der Waals surface area contributed by atoms with Crippen LogP contribution in [0.2, 0.25) is 0 Å². The van der Waals surface area contributed by atoms with Crippen LogP contribution in [-0.2, 0) is 19.1 Å². The minimum Gasteiger partial charge on any atom is -0.550 e. The molecule has 2 N–H and O–H groups in total. The molecule has 0 amide bonds. The van der Waals surface area contributed by atoms with Crippen molar-refractivity contribution in [3.05, 3.63) is 0 Å². The van der Waals surface area contributed by atoms with Crippen LogP contribution in [0.25, 0.3) is 0 Å². The number of hydrogen-bond acceptors (Lipinski definition) is 7. The summed E-state index contributed by atoms with van der Waals surface area (Å²) in [6, 6.07) is -1.02. The Morgan fingerprint density at radius 1 is 1.33 bits per heavy atom. The van der Waals surface area contributed by atoms with Gasteiger partial charge < -0.3 is 24.9 Å². The van der Waals surface area contributed by atoms with Crippen molar-refractivity contribution in [2.45, 2.75) is 25.0 Å². The largest absolute Gasteiger partial charge is 0.550 e. The van der Waals surface area contributed by atoms with Crippen molar-refractivity contribution in [3.63, 3.8) is 0 Å². The van der Waals surface area contributed by atoms with Crippen molar-refractivity contribution < 1.29 is 28.7 Å². The number of rotatable bonds is 8. The summed E-state index contributed by atoms with van der Waals surface area (Å²) in [4.78, 5) is 34.6. The van der Waals surface area contributed by atoms with Crippen LogP contribution in [0.15, 0.2) is 0 Å². The van der Waals surface area contributed by atoms with Crippen molar-refractivity contribution in [2.24, 2.45) is 5.73 Å². The van der Waals surface area contributed by atoms with E-state index in [-0.39, 0.29) is 29.2 Å². The van der Waals surface area contributed by atoms with Gasteiger partial charge in [-0.1, -0.05) is 0 Å². The molecule has 0 bridgehead atoms. The Kier molecular flexibility index (Phi) is 9.17. The highest BCUT2D eigenvalue weighted by Crippen LogP contribution is 2.22. The van der Waals surface area contributed by atoms with Crippen LogP contribution in [0.3, 0.4) is 0 Å². The molecular formula is C12H23ClN2O5S. The summed E-state index contributed by atoms with van der Waals surface area (Å²) in [5, 5.41) is 10.9. The Balaban J connectivity index is 0. The molecular weight excluding hydrogens is 320 g/mol. The quantitative estimate of drug-likeness (QED) is 0.312. The summed E-state index contributed by atoms with van der Waals surface area (Å²) in [5.74, 6) is -2.86. The number of ether oxygens (including phenoxy) is 1. The van der Waals surface area contributed by atoms with E-state index in [1.165, 1.54) is 6.92 Å². The van der Waals surface area contributed by atoms with E-state index in [9.17, 15) is 19.5 Å². The number of thiol groups is 1. The summed E-state index contributed by atoms with van der Waals surface area (Å²) in [7, 11) is 5.25. The molecule has 0 aromatic heterocycles.